The van der Waals surface area contributed by atoms with Crippen LogP contribution in [0.1, 0.15) is 83.1 Å². The van der Waals surface area contributed by atoms with E-state index < -0.39 is 17.6 Å². The van der Waals surface area contributed by atoms with Crippen molar-refractivity contribution >= 4 is 17.4 Å². The smallest absolute Gasteiger partial charge is 0.303 e. The van der Waals surface area contributed by atoms with Crippen molar-refractivity contribution in [3.63, 3.8) is 0 Å². The third-order valence-electron chi connectivity index (χ3n) is 6.12. The van der Waals surface area contributed by atoms with Crippen molar-refractivity contribution in [1.29, 1.82) is 0 Å². The van der Waals surface area contributed by atoms with E-state index in [1.807, 2.05) is 6.92 Å². The highest BCUT2D eigenvalue weighted by Gasteiger charge is 2.19. The molecule has 5 nitrogen and oxygen atoms in total. The molecule has 2 rings (SSSR count). The van der Waals surface area contributed by atoms with Crippen molar-refractivity contribution in [1.82, 2.24) is 0 Å². The fraction of sp³-hybridized carbons (Fsp3) is 0.571. The Kier molecular flexibility index (Phi) is 13.1. The summed E-state index contributed by atoms with van der Waals surface area (Å²) in [6.45, 7) is 3.74. The molecule has 0 radical (unpaired) electrons. The van der Waals surface area contributed by atoms with Gasteiger partial charge in [-0.3, -0.25) is 9.79 Å². The van der Waals surface area contributed by atoms with Gasteiger partial charge in [0.2, 0.25) is 5.82 Å². The first-order valence-corrected chi connectivity index (χ1v) is 12.5. The number of unbranched alkanes of at least 4 members (excludes halogenated alkanes) is 4. The Bertz CT molecular complexity index is 912. The number of benzene rings is 1. The second-order valence-electron chi connectivity index (χ2n) is 8.99. The number of carbonyl (C=O) groups is 1. The SMILES string of the molecule is C#C/C=C(\N=C(/C)CCC1CCCOCC1)c1ccc(F)c(F)c1OCCCCCCCC(=O)O. The van der Waals surface area contributed by atoms with Gasteiger partial charge in [0.25, 0.3) is 0 Å². The maximum atomic E-state index is 14.7. The summed E-state index contributed by atoms with van der Waals surface area (Å²) in [4.78, 5) is 15.2. The lowest BCUT2D eigenvalue weighted by atomic mass is 9.94. The molecule has 0 bridgehead atoms. The van der Waals surface area contributed by atoms with Crippen molar-refractivity contribution in [3.05, 3.63) is 35.4 Å². The summed E-state index contributed by atoms with van der Waals surface area (Å²) in [6, 6.07) is 2.50. The Morgan fingerprint density at radius 2 is 1.97 bits per heavy atom. The summed E-state index contributed by atoms with van der Waals surface area (Å²) in [5, 5.41) is 8.68. The second kappa shape index (κ2) is 16.0. The molecule has 1 fully saturated rings. The largest absolute Gasteiger partial charge is 0.490 e. The zero-order chi connectivity index (χ0) is 25.5. The van der Waals surface area contributed by atoms with Gasteiger partial charge in [0.15, 0.2) is 11.6 Å². The number of aliphatic imine (C=N–C) groups is 1. The number of carboxylic acid groups (broad SMARTS) is 1. The number of rotatable bonds is 14. The molecule has 192 valence electrons. The van der Waals surface area contributed by atoms with Crippen LogP contribution < -0.4 is 4.74 Å². The van der Waals surface area contributed by atoms with Crippen LogP contribution in [0.5, 0.6) is 5.75 Å². The predicted molar refractivity (Wildman–Crippen MR) is 135 cm³/mol. The van der Waals surface area contributed by atoms with E-state index in [1.165, 1.54) is 12.1 Å². The average molecular weight is 490 g/mol. The molecule has 0 aliphatic carbocycles. The Balaban J connectivity index is 2.02. The van der Waals surface area contributed by atoms with Gasteiger partial charge in [-0.25, -0.2) is 4.39 Å². The number of hydrogen-bond donors (Lipinski definition) is 1. The summed E-state index contributed by atoms with van der Waals surface area (Å²) >= 11 is 0. The number of ether oxygens (including phenoxy) is 2. The molecule has 1 aromatic carbocycles. The van der Waals surface area contributed by atoms with Crippen LogP contribution in [0.25, 0.3) is 5.70 Å². The van der Waals surface area contributed by atoms with Gasteiger partial charge in [-0.2, -0.15) is 4.39 Å². The molecule has 0 amide bonds. The molecule has 7 heteroatoms. The Morgan fingerprint density at radius 3 is 2.74 bits per heavy atom. The molecule has 1 saturated heterocycles. The van der Waals surface area contributed by atoms with Crippen LogP contribution in [-0.4, -0.2) is 36.6 Å². The molecular weight excluding hydrogens is 452 g/mol. The van der Waals surface area contributed by atoms with Gasteiger partial charge in [0.1, 0.15) is 0 Å². The summed E-state index contributed by atoms with van der Waals surface area (Å²) in [5.74, 6) is 0.0125. The summed E-state index contributed by atoms with van der Waals surface area (Å²) in [5.41, 5.74) is 1.57. The van der Waals surface area contributed by atoms with E-state index in [-0.39, 0.29) is 18.8 Å². The summed E-state index contributed by atoms with van der Waals surface area (Å²) < 4.78 is 39.9. The quantitative estimate of drug-likeness (QED) is 0.177. The molecule has 1 aromatic rings. The first kappa shape index (κ1) is 28.5. The number of halogens is 2. The zero-order valence-electron chi connectivity index (χ0n) is 20.7. The lowest BCUT2D eigenvalue weighted by molar-refractivity contribution is -0.137. The molecule has 0 aromatic heterocycles. The van der Waals surface area contributed by atoms with Crippen LogP contribution in [0.2, 0.25) is 0 Å². The molecule has 1 unspecified atom stereocenters. The fourth-order valence-electron chi connectivity index (χ4n) is 4.14. The highest BCUT2D eigenvalue weighted by molar-refractivity contribution is 5.89. The minimum absolute atomic E-state index is 0.160. The Morgan fingerprint density at radius 1 is 1.20 bits per heavy atom. The zero-order valence-corrected chi connectivity index (χ0v) is 20.7. The molecule has 1 atom stereocenters. The first-order chi connectivity index (χ1) is 16.9. The maximum Gasteiger partial charge on any atom is 0.303 e. The third-order valence-corrected chi connectivity index (χ3v) is 6.12. The van der Waals surface area contributed by atoms with E-state index in [0.717, 1.165) is 76.4 Å². The Hall–Kier alpha value is -2.72. The fourth-order valence-corrected chi connectivity index (χ4v) is 4.14. The van der Waals surface area contributed by atoms with Crippen molar-refractivity contribution < 1.29 is 28.2 Å². The van der Waals surface area contributed by atoms with Gasteiger partial charge in [0.05, 0.1) is 12.3 Å². The minimum Gasteiger partial charge on any atom is -0.490 e. The molecule has 0 spiro atoms. The number of nitrogens with zero attached hydrogens (tertiary/aromatic N) is 1. The monoisotopic (exact) mass is 489 g/mol. The molecule has 1 aliphatic heterocycles. The molecule has 1 heterocycles. The van der Waals surface area contributed by atoms with Crippen molar-refractivity contribution in [2.24, 2.45) is 10.9 Å². The molecule has 35 heavy (non-hydrogen) atoms. The number of carboxylic acids is 1. The van der Waals surface area contributed by atoms with Gasteiger partial charge in [-0.05, 0) is 69.9 Å². The topological polar surface area (TPSA) is 68.1 Å². The maximum absolute atomic E-state index is 14.7. The standard InChI is InChI=1S/C28H37F2NO4/c1-3-10-25(31-21(2)13-14-22-11-9-18-34-20-17-22)23-15-16-24(29)27(30)28(23)35-19-8-6-4-5-7-12-26(32)33/h1,10,15-16,22H,4-9,11-14,17-20H2,2H3,(H,32,33)/b25-10-,31-21+. The lowest BCUT2D eigenvalue weighted by Crippen LogP contribution is -2.06. The van der Waals surface area contributed by atoms with Gasteiger partial charge >= 0.3 is 5.97 Å². The number of aliphatic carboxylic acids is 1. The van der Waals surface area contributed by atoms with Crippen molar-refractivity contribution in [2.45, 2.75) is 77.6 Å². The number of terminal acetylenes is 1. The van der Waals surface area contributed by atoms with E-state index in [9.17, 15) is 13.6 Å². The van der Waals surface area contributed by atoms with Crippen LogP contribution in [0.4, 0.5) is 8.78 Å². The molecular formula is C28H37F2NO4. The minimum atomic E-state index is -1.06. The highest BCUT2D eigenvalue weighted by atomic mass is 19.2. The van der Waals surface area contributed by atoms with Crippen molar-refractivity contribution in [2.75, 3.05) is 19.8 Å². The van der Waals surface area contributed by atoms with Gasteiger partial charge in [-0.15, -0.1) is 6.42 Å². The summed E-state index contributed by atoms with van der Waals surface area (Å²) in [6.07, 6.45) is 15.9. The van der Waals surface area contributed by atoms with E-state index in [0.29, 0.717) is 30.0 Å². The van der Waals surface area contributed by atoms with Crippen LogP contribution >= 0.6 is 0 Å². The summed E-state index contributed by atoms with van der Waals surface area (Å²) in [7, 11) is 0. The van der Waals surface area contributed by atoms with E-state index in [1.54, 1.807) is 0 Å². The second-order valence-corrected chi connectivity index (χ2v) is 8.99. The van der Waals surface area contributed by atoms with Crippen LogP contribution in [-0.2, 0) is 9.53 Å². The average Bonchev–Trinajstić information content (AvgIpc) is 3.10. The Labute approximate surface area is 207 Å². The predicted octanol–water partition coefficient (Wildman–Crippen LogP) is 6.80. The number of allylic oxidation sites excluding steroid dienone is 1. The lowest BCUT2D eigenvalue weighted by Gasteiger charge is -2.15. The normalized spacial score (nSPS) is 17.0. The molecule has 0 saturated carbocycles. The van der Waals surface area contributed by atoms with Crippen LogP contribution in [0.15, 0.2) is 23.2 Å². The van der Waals surface area contributed by atoms with E-state index >= 15 is 0 Å². The molecule has 1 aliphatic rings. The van der Waals surface area contributed by atoms with E-state index in [4.69, 9.17) is 21.0 Å². The van der Waals surface area contributed by atoms with Gasteiger partial charge in [-0.1, -0.05) is 25.2 Å². The highest BCUT2D eigenvalue weighted by Crippen LogP contribution is 2.32. The number of hydrogen-bond acceptors (Lipinski definition) is 4. The van der Waals surface area contributed by atoms with Crippen LogP contribution in [0, 0.1) is 29.9 Å². The first-order valence-electron chi connectivity index (χ1n) is 12.5. The van der Waals surface area contributed by atoms with Gasteiger partial charge < -0.3 is 14.6 Å². The van der Waals surface area contributed by atoms with Gasteiger partial charge in [0, 0.05) is 37.0 Å². The van der Waals surface area contributed by atoms with E-state index in [2.05, 4.69) is 10.9 Å². The third kappa shape index (κ3) is 10.6. The van der Waals surface area contributed by atoms with Crippen LogP contribution in [0.3, 0.4) is 0 Å². The van der Waals surface area contributed by atoms with Crippen molar-refractivity contribution in [3.8, 4) is 18.1 Å². The molecule has 1 N–H and O–H groups in total.